The third kappa shape index (κ3) is 2.62. The molecule has 0 saturated heterocycles. The number of hydrogen-bond acceptors (Lipinski definition) is 4. The van der Waals surface area contributed by atoms with E-state index in [4.69, 9.17) is 4.65 Å². The Kier molecular flexibility index (Phi) is 4.09. The maximum absolute atomic E-state index is 11.8. The van der Waals surface area contributed by atoms with Crippen molar-refractivity contribution in [2.24, 2.45) is 0 Å². The molecule has 0 aliphatic rings. The van der Waals surface area contributed by atoms with E-state index in [1.54, 1.807) is 12.1 Å². The zero-order valence-electron chi connectivity index (χ0n) is 9.41. The Bertz CT molecular complexity index is 460. The molecule has 1 rings (SSSR count). The van der Waals surface area contributed by atoms with Gasteiger partial charge < -0.3 is 9.68 Å². The first-order valence-electron chi connectivity index (χ1n) is 4.63. The quantitative estimate of drug-likeness (QED) is 0.708. The summed E-state index contributed by atoms with van der Waals surface area (Å²) in [5.74, 6) is 0. The molecule has 0 amide bonds. The van der Waals surface area contributed by atoms with Crippen molar-refractivity contribution in [3.8, 4) is 0 Å². The average molecular weight is 243 g/mol. The van der Waals surface area contributed by atoms with Crippen molar-refractivity contribution in [3.05, 3.63) is 24.3 Å². The molecule has 1 aromatic carbocycles. The van der Waals surface area contributed by atoms with E-state index in [1.165, 1.54) is 33.3 Å². The van der Waals surface area contributed by atoms with Gasteiger partial charge in [-0.05, 0) is 17.6 Å². The molecule has 0 saturated carbocycles. The Morgan fingerprint density at radius 2 is 2.00 bits per heavy atom. The molecule has 0 bridgehead atoms. The highest BCUT2D eigenvalue weighted by molar-refractivity contribution is 7.89. The van der Waals surface area contributed by atoms with E-state index in [0.717, 1.165) is 4.31 Å². The van der Waals surface area contributed by atoms with Crippen molar-refractivity contribution in [2.75, 3.05) is 21.2 Å². The van der Waals surface area contributed by atoms with Gasteiger partial charge in [0.15, 0.2) is 0 Å². The number of benzene rings is 1. The van der Waals surface area contributed by atoms with E-state index in [2.05, 4.69) is 0 Å². The lowest BCUT2D eigenvalue weighted by atomic mass is 9.80. The van der Waals surface area contributed by atoms with Crippen molar-refractivity contribution < 1.29 is 18.1 Å². The molecule has 0 aromatic heterocycles. The van der Waals surface area contributed by atoms with Gasteiger partial charge in [-0.1, -0.05) is 12.1 Å². The average Bonchev–Trinajstić information content (AvgIpc) is 2.28. The Morgan fingerprint density at radius 3 is 2.50 bits per heavy atom. The van der Waals surface area contributed by atoms with Crippen LogP contribution in [0.3, 0.4) is 0 Å². The van der Waals surface area contributed by atoms with E-state index in [9.17, 15) is 13.4 Å². The van der Waals surface area contributed by atoms with Gasteiger partial charge in [-0.15, -0.1) is 0 Å². The van der Waals surface area contributed by atoms with Gasteiger partial charge in [-0.25, -0.2) is 12.7 Å². The molecule has 16 heavy (non-hydrogen) atoms. The smallest absolute Gasteiger partial charge is 0.423 e. The Labute approximate surface area is 95.8 Å². The summed E-state index contributed by atoms with van der Waals surface area (Å²) in [6.07, 6.45) is 0. The highest BCUT2D eigenvalue weighted by Crippen LogP contribution is 2.10. The van der Waals surface area contributed by atoms with Gasteiger partial charge in [0.05, 0.1) is 4.90 Å². The van der Waals surface area contributed by atoms with E-state index in [0.29, 0.717) is 5.46 Å². The molecule has 1 aromatic rings. The van der Waals surface area contributed by atoms with Crippen LogP contribution in [0.5, 0.6) is 0 Å². The third-order valence-electron chi connectivity index (χ3n) is 2.15. The van der Waals surface area contributed by atoms with Crippen LogP contribution in [0.4, 0.5) is 0 Å². The van der Waals surface area contributed by atoms with Crippen LogP contribution in [-0.2, 0) is 14.7 Å². The predicted molar refractivity (Wildman–Crippen MR) is 61.9 cm³/mol. The van der Waals surface area contributed by atoms with Gasteiger partial charge in [0.2, 0.25) is 10.0 Å². The van der Waals surface area contributed by atoms with E-state index in [1.807, 2.05) is 0 Å². The number of rotatable bonds is 4. The first-order valence-corrected chi connectivity index (χ1v) is 6.07. The standard InChI is InChI=1S/C9H14BNO4S/c1-11(2)16(13,14)9-6-4-5-8(7-9)10(12)15-3/h4-7,12H,1-3H3. The molecule has 7 heteroatoms. The summed E-state index contributed by atoms with van der Waals surface area (Å²) in [6, 6.07) is 6.03. The summed E-state index contributed by atoms with van der Waals surface area (Å²) in [7, 11) is -0.337. The first kappa shape index (κ1) is 13.2. The molecular weight excluding hydrogens is 229 g/mol. The van der Waals surface area contributed by atoms with Crippen LogP contribution >= 0.6 is 0 Å². The number of sulfonamides is 1. The fraction of sp³-hybridized carbons (Fsp3) is 0.333. The second kappa shape index (κ2) is 4.96. The van der Waals surface area contributed by atoms with Gasteiger partial charge in [0, 0.05) is 21.2 Å². The lowest BCUT2D eigenvalue weighted by molar-refractivity contribution is 0.341. The molecule has 0 heterocycles. The van der Waals surface area contributed by atoms with Crippen molar-refractivity contribution in [2.45, 2.75) is 4.90 Å². The van der Waals surface area contributed by atoms with Crippen LogP contribution in [-0.4, -0.2) is 46.1 Å². The molecule has 88 valence electrons. The topological polar surface area (TPSA) is 66.8 Å². The summed E-state index contributed by atoms with van der Waals surface area (Å²) >= 11 is 0. The van der Waals surface area contributed by atoms with E-state index >= 15 is 0 Å². The highest BCUT2D eigenvalue weighted by atomic mass is 32.2. The second-order valence-corrected chi connectivity index (χ2v) is 5.60. The molecule has 0 radical (unpaired) electrons. The largest absolute Gasteiger partial charge is 0.490 e. The van der Waals surface area contributed by atoms with Gasteiger partial charge in [0.1, 0.15) is 0 Å². The summed E-state index contributed by atoms with van der Waals surface area (Å²) in [5.41, 5.74) is 0.408. The predicted octanol–water partition coefficient (Wildman–Crippen LogP) is -0.729. The van der Waals surface area contributed by atoms with E-state index < -0.39 is 17.1 Å². The van der Waals surface area contributed by atoms with E-state index in [-0.39, 0.29) is 4.90 Å². The van der Waals surface area contributed by atoms with Crippen LogP contribution < -0.4 is 5.46 Å². The van der Waals surface area contributed by atoms with Crippen LogP contribution in [0.1, 0.15) is 0 Å². The lowest BCUT2D eigenvalue weighted by Crippen LogP contribution is -2.33. The van der Waals surface area contributed by atoms with Crippen molar-refractivity contribution in [3.63, 3.8) is 0 Å². The van der Waals surface area contributed by atoms with Gasteiger partial charge >= 0.3 is 7.12 Å². The molecule has 0 unspecified atom stereocenters. The first-order chi connectivity index (χ1) is 7.39. The van der Waals surface area contributed by atoms with Gasteiger partial charge in [-0.3, -0.25) is 0 Å². The monoisotopic (exact) mass is 243 g/mol. The summed E-state index contributed by atoms with van der Waals surface area (Å²) in [6.45, 7) is 0. The van der Waals surface area contributed by atoms with Crippen molar-refractivity contribution >= 4 is 22.6 Å². The fourth-order valence-electron chi connectivity index (χ4n) is 1.18. The zero-order chi connectivity index (χ0) is 12.3. The maximum Gasteiger partial charge on any atom is 0.490 e. The minimum atomic E-state index is -3.47. The third-order valence-corrected chi connectivity index (χ3v) is 3.96. The molecule has 1 N–H and O–H groups in total. The van der Waals surface area contributed by atoms with Gasteiger partial charge in [0.25, 0.3) is 0 Å². The molecule has 0 aliphatic carbocycles. The van der Waals surface area contributed by atoms with Crippen LogP contribution in [0, 0.1) is 0 Å². The second-order valence-electron chi connectivity index (χ2n) is 3.45. The summed E-state index contributed by atoms with van der Waals surface area (Å²) < 4.78 is 29.4. The minimum Gasteiger partial charge on any atom is -0.423 e. The molecular formula is C9H14BNO4S. The normalized spacial score (nSPS) is 11.8. The van der Waals surface area contributed by atoms with Crippen LogP contribution in [0.15, 0.2) is 29.2 Å². The number of nitrogens with zero attached hydrogens (tertiary/aromatic N) is 1. The van der Waals surface area contributed by atoms with Crippen molar-refractivity contribution in [1.29, 1.82) is 0 Å². The highest BCUT2D eigenvalue weighted by Gasteiger charge is 2.20. The van der Waals surface area contributed by atoms with Crippen molar-refractivity contribution in [1.82, 2.24) is 4.31 Å². The molecule has 0 atom stereocenters. The zero-order valence-corrected chi connectivity index (χ0v) is 10.2. The summed E-state index contributed by atoms with van der Waals surface area (Å²) in [4.78, 5) is 0.131. The SMILES string of the molecule is COB(O)c1cccc(S(=O)(=O)N(C)C)c1. The number of hydrogen-bond donors (Lipinski definition) is 1. The molecule has 0 spiro atoms. The molecule has 0 fully saturated rings. The minimum absolute atomic E-state index is 0.131. The molecule has 0 aliphatic heterocycles. The summed E-state index contributed by atoms with van der Waals surface area (Å²) in [5, 5.41) is 9.43. The fourth-order valence-corrected chi connectivity index (χ4v) is 2.13. The Balaban J connectivity index is 3.18. The van der Waals surface area contributed by atoms with Gasteiger partial charge in [-0.2, -0.15) is 0 Å². The van der Waals surface area contributed by atoms with Crippen LogP contribution in [0.25, 0.3) is 0 Å². The maximum atomic E-state index is 11.8. The Morgan fingerprint density at radius 1 is 1.38 bits per heavy atom. The van der Waals surface area contributed by atoms with Crippen LogP contribution in [0.2, 0.25) is 0 Å². The lowest BCUT2D eigenvalue weighted by Gasteiger charge is -2.12. The molecule has 5 nitrogen and oxygen atoms in total. The Hall–Kier alpha value is -0.885.